The zero-order valence-electron chi connectivity index (χ0n) is 17.8. The van der Waals surface area contributed by atoms with E-state index < -0.39 is 5.60 Å². The fraction of sp³-hybridized carbons (Fsp3) is 0.333. The Labute approximate surface area is 185 Å². The van der Waals surface area contributed by atoms with Gasteiger partial charge in [-0.1, -0.05) is 12.1 Å². The van der Waals surface area contributed by atoms with Crippen LogP contribution in [0, 0.1) is 0 Å². The second-order valence-electron chi connectivity index (χ2n) is 8.41. The highest BCUT2D eigenvalue weighted by Gasteiger charge is 2.33. The standard InChI is InChI=1S/C24H26N6O2/c31-23(6-5-22-28-19-3-1-2-4-20(19)29-22)27-16-24(32)9-13-30(14-10-24)21-8-12-26-18-7-11-25-15-17(18)21/h1-4,7-8,11-12,15,32H,5-6,9-10,13-14,16H2,(H,27,31)(H,28,29). The number of H-pyrrole nitrogens is 1. The first-order valence-corrected chi connectivity index (χ1v) is 11.0. The molecule has 164 valence electrons. The number of para-hydroxylation sites is 2. The third-order valence-corrected chi connectivity index (χ3v) is 6.20. The molecule has 0 aliphatic carbocycles. The van der Waals surface area contributed by atoms with E-state index in [0.717, 1.165) is 33.4 Å². The number of carbonyl (C=O) groups is 1. The number of nitrogens with one attached hydrogen (secondary N) is 2. The third kappa shape index (κ3) is 4.27. The maximum atomic E-state index is 12.4. The van der Waals surface area contributed by atoms with Crippen LogP contribution >= 0.6 is 0 Å². The Bertz CT molecular complexity index is 1210. The predicted octanol–water partition coefficient (Wildman–Crippen LogP) is 2.59. The normalized spacial score (nSPS) is 15.8. The molecular formula is C24H26N6O2. The molecule has 1 saturated heterocycles. The van der Waals surface area contributed by atoms with Gasteiger partial charge in [0.2, 0.25) is 5.91 Å². The molecule has 0 unspecified atom stereocenters. The van der Waals surface area contributed by atoms with E-state index >= 15 is 0 Å². The summed E-state index contributed by atoms with van der Waals surface area (Å²) in [7, 11) is 0. The van der Waals surface area contributed by atoms with Crippen molar-refractivity contribution in [3.63, 3.8) is 0 Å². The van der Waals surface area contributed by atoms with Crippen molar-refractivity contribution in [1.82, 2.24) is 25.3 Å². The average molecular weight is 431 g/mol. The summed E-state index contributed by atoms with van der Waals surface area (Å²) < 4.78 is 0. The first kappa shape index (κ1) is 20.4. The van der Waals surface area contributed by atoms with Crippen molar-refractivity contribution in [3.05, 3.63) is 60.8 Å². The average Bonchev–Trinajstić information content (AvgIpc) is 3.25. The lowest BCUT2D eigenvalue weighted by molar-refractivity contribution is -0.122. The molecule has 1 aromatic carbocycles. The quantitative estimate of drug-likeness (QED) is 0.434. The van der Waals surface area contributed by atoms with Gasteiger partial charge in [-0.15, -0.1) is 0 Å². The zero-order chi connectivity index (χ0) is 22.0. The van der Waals surface area contributed by atoms with Gasteiger partial charge in [0.15, 0.2) is 0 Å². The molecule has 3 N–H and O–H groups in total. The summed E-state index contributed by atoms with van der Waals surface area (Å²) in [5.74, 6) is 0.722. The van der Waals surface area contributed by atoms with Crippen LogP contribution in [0.4, 0.5) is 5.69 Å². The monoisotopic (exact) mass is 430 g/mol. The highest BCUT2D eigenvalue weighted by atomic mass is 16.3. The number of hydrogen-bond donors (Lipinski definition) is 3. The Morgan fingerprint density at radius 3 is 2.81 bits per heavy atom. The third-order valence-electron chi connectivity index (χ3n) is 6.20. The molecular weight excluding hydrogens is 404 g/mol. The van der Waals surface area contributed by atoms with Crippen molar-refractivity contribution in [3.8, 4) is 0 Å². The van der Waals surface area contributed by atoms with Crippen LogP contribution in [-0.4, -0.2) is 56.2 Å². The molecule has 4 aromatic rings. The number of benzene rings is 1. The Hall–Kier alpha value is -3.52. The van der Waals surface area contributed by atoms with Crippen molar-refractivity contribution in [1.29, 1.82) is 0 Å². The van der Waals surface area contributed by atoms with Gasteiger partial charge < -0.3 is 20.3 Å². The van der Waals surface area contributed by atoms with Gasteiger partial charge in [-0.05, 0) is 37.1 Å². The van der Waals surface area contributed by atoms with Crippen molar-refractivity contribution in [2.24, 2.45) is 0 Å². The van der Waals surface area contributed by atoms with Gasteiger partial charge in [0.1, 0.15) is 5.82 Å². The van der Waals surface area contributed by atoms with E-state index in [9.17, 15) is 9.90 Å². The number of anilines is 1. The van der Waals surface area contributed by atoms with E-state index in [4.69, 9.17) is 0 Å². The summed E-state index contributed by atoms with van der Waals surface area (Å²) in [5.41, 5.74) is 2.98. The van der Waals surface area contributed by atoms with Crippen LogP contribution in [0.1, 0.15) is 25.1 Å². The summed E-state index contributed by atoms with van der Waals surface area (Å²) in [6, 6.07) is 11.7. The molecule has 0 radical (unpaired) electrons. The molecule has 3 aromatic heterocycles. The molecule has 0 atom stereocenters. The molecule has 8 nitrogen and oxygen atoms in total. The molecule has 0 bridgehead atoms. The number of piperidine rings is 1. The first-order chi connectivity index (χ1) is 15.6. The molecule has 5 rings (SSSR count). The number of amides is 1. The molecule has 4 heterocycles. The van der Waals surface area contributed by atoms with Crippen molar-refractivity contribution < 1.29 is 9.90 Å². The lowest BCUT2D eigenvalue weighted by Gasteiger charge is -2.39. The SMILES string of the molecule is O=C(CCc1nc2ccccc2[nH]1)NCC1(O)CCN(c2ccnc3ccncc23)CC1. The smallest absolute Gasteiger partial charge is 0.220 e. The summed E-state index contributed by atoms with van der Waals surface area (Å²) in [4.78, 5) is 31.0. The van der Waals surface area contributed by atoms with Crippen LogP contribution in [0.3, 0.4) is 0 Å². The number of hydrogen-bond acceptors (Lipinski definition) is 6. The number of aromatic nitrogens is 4. The lowest BCUT2D eigenvalue weighted by Crippen LogP contribution is -2.51. The van der Waals surface area contributed by atoms with E-state index in [-0.39, 0.29) is 12.5 Å². The highest BCUT2D eigenvalue weighted by molar-refractivity contribution is 5.90. The largest absolute Gasteiger partial charge is 0.388 e. The predicted molar refractivity (Wildman–Crippen MR) is 123 cm³/mol. The maximum Gasteiger partial charge on any atom is 0.220 e. The van der Waals surface area contributed by atoms with E-state index in [2.05, 4.69) is 30.2 Å². The van der Waals surface area contributed by atoms with Crippen molar-refractivity contribution in [2.75, 3.05) is 24.5 Å². The lowest BCUT2D eigenvalue weighted by atomic mass is 9.91. The van der Waals surface area contributed by atoms with E-state index in [0.29, 0.717) is 38.8 Å². The topological polar surface area (TPSA) is 107 Å². The Balaban J connectivity index is 1.13. The number of pyridine rings is 2. The minimum Gasteiger partial charge on any atom is -0.388 e. The second kappa shape index (κ2) is 8.55. The van der Waals surface area contributed by atoms with E-state index in [1.165, 1.54) is 0 Å². The van der Waals surface area contributed by atoms with Gasteiger partial charge in [-0.3, -0.25) is 14.8 Å². The number of aliphatic hydroxyl groups is 1. The molecule has 1 aliphatic heterocycles. The summed E-state index contributed by atoms with van der Waals surface area (Å²) >= 11 is 0. The van der Waals surface area contributed by atoms with Crippen LogP contribution in [0.15, 0.2) is 55.0 Å². The fourth-order valence-corrected chi connectivity index (χ4v) is 4.30. The minimum absolute atomic E-state index is 0.0764. The van der Waals surface area contributed by atoms with Gasteiger partial charge in [0.05, 0.1) is 22.2 Å². The summed E-state index contributed by atoms with van der Waals surface area (Å²) in [6.45, 7) is 1.68. The zero-order valence-corrected chi connectivity index (χ0v) is 17.8. The second-order valence-corrected chi connectivity index (χ2v) is 8.41. The van der Waals surface area contributed by atoms with Gasteiger partial charge >= 0.3 is 0 Å². The van der Waals surface area contributed by atoms with Crippen LogP contribution < -0.4 is 10.2 Å². The summed E-state index contributed by atoms with van der Waals surface area (Å²) in [5, 5.41) is 14.9. The highest BCUT2D eigenvalue weighted by Crippen LogP contribution is 2.30. The van der Waals surface area contributed by atoms with Crippen LogP contribution in [0.25, 0.3) is 21.9 Å². The molecule has 8 heteroatoms. The van der Waals surface area contributed by atoms with Gasteiger partial charge in [-0.25, -0.2) is 4.98 Å². The van der Waals surface area contributed by atoms with Gasteiger partial charge in [-0.2, -0.15) is 0 Å². The Kier molecular flexibility index (Phi) is 5.45. The van der Waals surface area contributed by atoms with E-state index in [1.54, 1.807) is 12.4 Å². The van der Waals surface area contributed by atoms with Crippen LogP contribution in [0.5, 0.6) is 0 Å². The molecule has 0 spiro atoms. The molecule has 1 fully saturated rings. The number of imidazole rings is 1. The number of aryl methyl sites for hydroxylation is 1. The molecule has 1 amide bonds. The summed E-state index contributed by atoms with van der Waals surface area (Å²) in [6.07, 6.45) is 7.42. The molecule has 32 heavy (non-hydrogen) atoms. The Morgan fingerprint density at radius 2 is 1.97 bits per heavy atom. The van der Waals surface area contributed by atoms with Crippen molar-refractivity contribution in [2.45, 2.75) is 31.3 Å². The van der Waals surface area contributed by atoms with E-state index in [1.807, 2.05) is 42.6 Å². The number of fused-ring (bicyclic) bond motifs is 2. The number of rotatable bonds is 6. The van der Waals surface area contributed by atoms with Gasteiger partial charge in [0.25, 0.3) is 0 Å². The van der Waals surface area contributed by atoms with Crippen LogP contribution in [0.2, 0.25) is 0 Å². The van der Waals surface area contributed by atoms with Crippen molar-refractivity contribution >= 4 is 33.5 Å². The van der Waals surface area contributed by atoms with Crippen LogP contribution in [-0.2, 0) is 11.2 Å². The number of aromatic amines is 1. The van der Waals surface area contributed by atoms with Gasteiger partial charge in [0, 0.05) is 62.1 Å². The molecule has 0 saturated carbocycles. The number of nitrogens with zero attached hydrogens (tertiary/aromatic N) is 4. The first-order valence-electron chi connectivity index (χ1n) is 11.0. The number of carbonyl (C=O) groups excluding carboxylic acids is 1. The fourth-order valence-electron chi connectivity index (χ4n) is 4.30. The minimum atomic E-state index is -0.896. The molecule has 1 aliphatic rings. The Morgan fingerprint density at radius 1 is 1.12 bits per heavy atom. The maximum absolute atomic E-state index is 12.4.